The number of hydrogen-bond acceptors (Lipinski definition) is 3. The van der Waals surface area contributed by atoms with Gasteiger partial charge in [0.1, 0.15) is 5.76 Å². The Hall–Kier alpha value is -1.68. The topological polar surface area (TPSA) is 33.5 Å². The Morgan fingerprint density at radius 2 is 2.22 bits per heavy atom. The van der Waals surface area contributed by atoms with E-state index in [1.54, 1.807) is 6.26 Å². The second-order valence-corrected chi connectivity index (χ2v) is 7.34. The van der Waals surface area contributed by atoms with Crippen molar-refractivity contribution in [2.75, 3.05) is 18.8 Å². The molecule has 1 aromatic heterocycles. The maximum Gasteiger partial charge on any atom is 0.222 e. The predicted octanol–water partition coefficient (Wildman–Crippen LogP) is 4.23. The van der Waals surface area contributed by atoms with E-state index in [0.29, 0.717) is 11.7 Å². The van der Waals surface area contributed by atoms with E-state index in [1.807, 2.05) is 28.8 Å². The van der Waals surface area contributed by atoms with E-state index in [-0.39, 0.29) is 5.91 Å². The summed E-state index contributed by atoms with van der Waals surface area (Å²) in [5, 5.41) is 0.375. The van der Waals surface area contributed by atoms with Crippen LogP contribution < -0.4 is 0 Å². The molecule has 1 unspecified atom stereocenters. The minimum atomic E-state index is 0.271. The van der Waals surface area contributed by atoms with E-state index in [2.05, 4.69) is 31.2 Å². The van der Waals surface area contributed by atoms with Crippen LogP contribution in [0, 0.1) is 6.92 Å². The van der Waals surface area contributed by atoms with Gasteiger partial charge in [0.05, 0.1) is 11.5 Å². The molecule has 1 aliphatic rings. The molecule has 0 spiro atoms. The third-order valence-electron chi connectivity index (χ3n) is 4.26. The van der Waals surface area contributed by atoms with E-state index in [1.165, 1.54) is 11.1 Å². The van der Waals surface area contributed by atoms with Crippen LogP contribution in [0.15, 0.2) is 47.1 Å². The van der Waals surface area contributed by atoms with E-state index in [0.717, 1.165) is 37.4 Å². The molecule has 1 atom stereocenters. The average molecular weight is 329 g/mol. The number of aryl methyl sites for hydroxylation is 2. The van der Waals surface area contributed by atoms with Gasteiger partial charge in [-0.25, -0.2) is 0 Å². The van der Waals surface area contributed by atoms with Gasteiger partial charge in [-0.15, -0.1) is 11.8 Å². The van der Waals surface area contributed by atoms with E-state index in [4.69, 9.17) is 4.42 Å². The molecule has 1 saturated heterocycles. The van der Waals surface area contributed by atoms with Gasteiger partial charge in [-0.05, 0) is 37.5 Å². The summed E-state index contributed by atoms with van der Waals surface area (Å²) < 4.78 is 5.52. The minimum Gasteiger partial charge on any atom is -0.468 e. The molecule has 2 aromatic rings. The smallest absolute Gasteiger partial charge is 0.222 e. The molecule has 1 fully saturated rings. The quantitative estimate of drug-likeness (QED) is 0.842. The van der Waals surface area contributed by atoms with Crippen molar-refractivity contribution in [1.82, 2.24) is 4.90 Å². The number of benzene rings is 1. The number of carbonyl (C=O) groups is 1. The average Bonchev–Trinajstić information content (AvgIpc) is 2.97. The summed E-state index contributed by atoms with van der Waals surface area (Å²) in [4.78, 5) is 14.5. The number of rotatable bonds is 4. The van der Waals surface area contributed by atoms with Gasteiger partial charge >= 0.3 is 0 Å². The Balaban J connectivity index is 1.52. The lowest BCUT2D eigenvalue weighted by Gasteiger charge is -2.20. The highest BCUT2D eigenvalue weighted by molar-refractivity contribution is 7.99. The normalized spacial score (nSPS) is 18.7. The monoisotopic (exact) mass is 329 g/mol. The predicted molar refractivity (Wildman–Crippen MR) is 94.6 cm³/mol. The van der Waals surface area contributed by atoms with Crippen molar-refractivity contribution >= 4 is 17.7 Å². The van der Waals surface area contributed by atoms with Crippen molar-refractivity contribution in [3.05, 3.63) is 59.5 Å². The summed E-state index contributed by atoms with van der Waals surface area (Å²) >= 11 is 1.89. The van der Waals surface area contributed by atoms with E-state index < -0.39 is 0 Å². The molecule has 0 N–H and O–H groups in total. The van der Waals surface area contributed by atoms with Crippen LogP contribution in [-0.4, -0.2) is 29.6 Å². The van der Waals surface area contributed by atoms with Crippen LogP contribution >= 0.6 is 11.8 Å². The SMILES string of the molecule is Cc1cccc(CCC(=O)N2CCSC(c3ccco3)CC2)c1. The van der Waals surface area contributed by atoms with Crippen LogP contribution in [-0.2, 0) is 11.2 Å². The fourth-order valence-corrected chi connectivity index (χ4v) is 4.18. The number of hydrogen-bond donors (Lipinski definition) is 0. The zero-order valence-corrected chi connectivity index (χ0v) is 14.3. The molecule has 3 nitrogen and oxygen atoms in total. The lowest BCUT2D eigenvalue weighted by atomic mass is 10.1. The van der Waals surface area contributed by atoms with Crippen LogP contribution in [0.1, 0.15) is 35.0 Å². The van der Waals surface area contributed by atoms with Gasteiger partial charge in [0.25, 0.3) is 0 Å². The summed E-state index contributed by atoms with van der Waals surface area (Å²) in [7, 11) is 0. The Morgan fingerprint density at radius 3 is 3.00 bits per heavy atom. The first-order valence-corrected chi connectivity index (χ1v) is 9.25. The number of thioether (sulfide) groups is 1. The van der Waals surface area contributed by atoms with Crippen LogP contribution in [0.3, 0.4) is 0 Å². The number of carbonyl (C=O) groups excluding carboxylic acids is 1. The van der Waals surface area contributed by atoms with E-state index in [9.17, 15) is 4.79 Å². The van der Waals surface area contributed by atoms with Crippen molar-refractivity contribution in [2.24, 2.45) is 0 Å². The molecule has 0 bridgehead atoms. The van der Waals surface area contributed by atoms with Crippen molar-refractivity contribution in [3.63, 3.8) is 0 Å². The van der Waals surface area contributed by atoms with Gasteiger partial charge in [0, 0.05) is 25.3 Å². The van der Waals surface area contributed by atoms with Gasteiger partial charge in [0.2, 0.25) is 5.91 Å². The zero-order valence-electron chi connectivity index (χ0n) is 13.5. The minimum absolute atomic E-state index is 0.271. The highest BCUT2D eigenvalue weighted by Crippen LogP contribution is 2.34. The highest BCUT2D eigenvalue weighted by Gasteiger charge is 2.23. The summed E-state index contributed by atoms with van der Waals surface area (Å²) in [5.41, 5.74) is 2.50. The number of nitrogens with zero attached hydrogens (tertiary/aromatic N) is 1. The first kappa shape index (κ1) is 16.2. The third-order valence-corrected chi connectivity index (χ3v) is 5.55. The molecule has 1 aromatic carbocycles. The molecule has 3 rings (SSSR count). The molecule has 0 saturated carbocycles. The van der Waals surface area contributed by atoms with Crippen molar-refractivity contribution in [3.8, 4) is 0 Å². The molecule has 23 heavy (non-hydrogen) atoms. The fraction of sp³-hybridized carbons (Fsp3) is 0.421. The van der Waals surface area contributed by atoms with Crippen molar-refractivity contribution in [2.45, 2.75) is 31.4 Å². The molecule has 122 valence electrons. The summed E-state index contributed by atoms with van der Waals surface area (Å²) in [6.07, 6.45) is 4.12. The molecule has 1 amide bonds. The summed E-state index contributed by atoms with van der Waals surface area (Å²) in [6.45, 7) is 3.76. The summed E-state index contributed by atoms with van der Waals surface area (Å²) in [6, 6.07) is 12.4. The Kier molecular flexibility index (Phi) is 5.44. The first-order chi connectivity index (χ1) is 11.2. The molecular weight excluding hydrogens is 306 g/mol. The maximum atomic E-state index is 12.5. The molecule has 0 aliphatic carbocycles. The van der Waals surface area contributed by atoms with Crippen LogP contribution in [0.5, 0.6) is 0 Å². The Morgan fingerprint density at radius 1 is 1.30 bits per heavy atom. The lowest BCUT2D eigenvalue weighted by molar-refractivity contribution is -0.130. The van der Waals surface area contributed by atoms with Crippen LogP contribution in [0.25, 0.3) is 0 Å². The Labute approximate surface area is 142 Å². The largest absolute Gasteiger partial charge is 0.468 e. The third kappa shape index (κ3) is 4.41. The zero-order chi connectivity index (χ0) is 16.1. The van der Waals surface area contributed by atoms with Gasteiger partial charge in [-0.3, -0.25) is 4.79 Å². The molecule has 0 radical (unpaired) electrons. The van der Waals surface area contributed by atoms with Gasteiger partial charge in [-0.1, -0.05) is 29.8 Å². The van der Waals surface area contributed by atoms with Gasteiger partial charge in [0.15, 0.2) is 0 Å². The van der Waals surface area contributed by atoms with Crippen molar-refractivity contribution < 1.29 is 9.21 Å². The first-order valence-electron chi connectivity index (χ1n) is 8.21. The standard InChI is InChI=1S/C19H23NO2S/c1-15-4-2-5-16(14-15)7-8-19(21)20-10-9-18(23-13-11-20)17-6-3-12-22-17/h2-6,12,14,18H,7-11,13H2,1H3. The Bertz CT molecular complexity index is 639. The maximum absolute atomic E-state index is 12.5. The molecular formula is C19H23NO2S. The van der Waals surface area contributed by atoms with E-state index >= 15 is 0 Å². The van der Waals surface area contributed by atoms with Gasteiger partial charge in [-0.2, -0.15) is 0 Å². The van der Waals surface area contributed by atoms with Crippen LogP contribution in [0.4, 0.5) is 0 Å². The number of furan rings is 1. The second-order valence-electron chi connectivity index (χ2n) is 6.03. The van der Waals surface area contributed by atoms with Crippen LogP contribution in [0.2, 0.25) is 0 Å². The highest BCUT2D eigenvalue weighted by atomic mass is 32.2. The molecule has 1 aliphatic heterocycles. The van der Waals surface area contributed by atoms with Gasteiger partial charge < -0.3 is 9.32 Å². The second kappa shape index (κ2) is 7.73. The summed E-state index contributed by atoms with van der Waals surface area (Å²) in [5.74, 6) is 2.28. The fourth-order valence-electron chi connectivity index (χ4n) is 3.00. The molecule has 2 heterocycles. The number of amides is 1. The lowest BCUT2D eigenvalue weighted by Crippen LogP contribution is -2.33. The van der Waals surface area contributed by atoms with Crippen molar-refractivity contribution in [1.29, 1.82) is 0 Å². The molecule has 4 heteroatoms.